The number of hydrogen-bond acceptors (Lipinski definition) is 5. The first kappa shape index (κ1) is 21.4. The number of rotatable bonds is 6. The van der Waals surface area contributed by atoms with Gasteiger partial charge < -0.3 is 4.74 Å². The predicted octanol–water partition coefficient (Wildman–Crippen LogP) is 6.02. The molecule has 1 atom stereocenters. The quantitative estimate of drug-likeness (QED) is 0.259. The van der Waals surface area contributed by atoms with Crippen molar-refractivity contribution < 1.29 is 4.74 Å². The third-order valence-corrected chi connectivity index (χ3v) is 8.25. The van der Waals surface area contributed by atoms with Gasteiger partial charge in [-0.25, -0.2) is 4.98 Å². The minimum Gasteiger partial charge on any atom is -0.369 e. The predicted molar refractivity (Wildman–Crippen MR) is 133 cm³/mol. The molecular formula is C26H26N2O2S2. The molecule has 1 unspecified atom stereocenters. The third kappa shape index (κ3) is 4.03. The minimum atomic E-state index is -0.228. The van der Waals surface area contributed by atoms with E-state index in [1.165, 1.54) is 5.56 Å². The Hall–Kier alpha value is -2.41. The number of ether oxygens (including phenoxy) is 1. The number of aromatic nitrogens is 2. The molecule has 4 aromatic rings. The van der Waals surface area contributed by atoms with Gasteiger partial charge in [-0.3, -0.25) is 9.36 Å². The van der Waals surface area contributed by atoms with Crippen LogP contribution in [0.4, 0.5) is 0 Å². The van der Waals surface area contributed by atoms with Crippen LogP contribution in [0, 0.1) is 0 Å². The molecule has 0 radical (unpaired) electrons. The minimum absolute atomic E-state index is 0.0289. The van der Waals surface area contributed by atoms with E-state index in [0.29, 0.717) is 6.61 Å². The zero-order valence-corrected chi connectivity index (χ0v) is 20.0. The molecule has 6 heteroatoms. The van der Waals surface area contributed by atoms with E-state index in [2.05, 4.69) is 38.1 Å². The second kappa shape index (κ2) is 8.85. The Kier molecular flexibility index (Phi) is 5.93. The van der Waals surface area contributed by atoms with Gasteiger partial charge in [0.15, 0.2) is 5.16 Å². The third-order valence-electron chi connectivity index (χ3n) is 6.21. The van der Waals surface area contributed by atoms with Crippen LogP contribution in [0.15, 0.2) is 70.6 Å². The lowest BCUT2D eigenvalue weighted by Gasteiger charge is -2.32. The zero-order chi connectivity index (χ0) is 22.1. The van der Waals surface area contributed by atoms with E-state index in [-0.39, 0.29) is 11.2 Å². The normalized spacial score (nSPS) is 18.1. The summed E-state index contributed by atoms with van der Waals surface area (Å²) in [5.41, 5.74) is 3.08. The van der Waals surface area contributed by atoms with E-state index < -0.39 is 0 Å². The molecule has 1 aliphatic heterocycles. The van der Waals surface area contributed by atoms with Gasteiger partial charge in [0.2, 0.25) is 0 Å². The summed E-state index contributed by atoms with van der Waals surface area (Å²) in [5.74, 6) is 0.858. The van der Waals surface area contributed by atoms with Crippen molar-refractivity contribution in [3.8, 4) is 5.69 Å². The Bertz CT molecular complexity index is 1300. The van der Waals surface area contributed by atoms with Gasteiger partial charge >= 0.3 is 0 Å². The number of para-hydroxylation sites is 1. The van der Waals surface area contributed by atoms with E-state index in [1.54, 1.807) is 27.7 Å². The topological polar surface area (TPSA) is 44.1 Å². The van der Waals surface area contributed by atoms with E-state index in [4.69, 9.17) is 9.72 Å². The Morgan fingerprint density at radius 1 is 1.12 bits per heavy atom. The Morgan fingerprint density at radius 3 is 2.56 bits per heavy atom. The molecule has 0 N–H and O–H groups in total. The van der Waals surface area contributed by atoms with Crippen molar-refractivity contribution in [1.82, 2.24) is 9.55 Å². The maximum Gasteiger partial charge on any atom is 0.267 e. The second-order valence-corrected chi connectivity index (χ2v) is 10.6. The molecule has 0 fully saturated rings. The first-order valence-electron chi connectivity index (χ1n) is 11.0. The first-order chi connectivity index (χ1) is 15.6. The highest BCUT2D eigenvalue weighted by Crippen LogP contribution is 2.39. The van der Waals surface area contributed by atoms with Gasteiger partial charge in [-0.2, -0.15) is 0 Å². The van der Waals surface area contributed by atoms with Crippen LogP contribution in [0.2, 0.25) is 0 Å². The largest absolute Gasteiger partial charge is 0.369 e. The number of benzene rings is 2. The fourth-order valence-electron chi connectivity index (χ4n) is 4.13. The summed E-state index contributed by atoms with van der Waals surface area (Å²) in [5, 5.41) is 1.52. The van der Waals surface area contributed by atoms with Crippen LogP contribution in [-0.4, -0.2) is 20.9 Å². The fourth-order valence-corrected chi connectivity index (χ4v) is 6.28. The summed E-state index contributed by atoms with van der Waals surface area (Å²) in [7, 11) is 0. The molecule has 0 saturated heterocycles. The van der Waals surface area contributed by atoms with Gasteiger partial charge in [0.25, 0.3) is 5.56 Å². The number of aryl methyl sites for hydroxylation is 1. The van der Waals surface area contributed by atoms with E-state index in [0.717, 1.165) is 56.5 Å². The van der Waals surface area contributed by atoms with Crippen LogP contribution in [0.5, 0.6) is 0 Å². The van der Waals surface area contributed by atoms with Gasteiger partial charge in [-0.15, -0.1) is 11.3 Å². The standard InChI is InChI=1S/C26H26N2O2S2/c1-3-26(2)16-20-21(17-30-26)32-23-22(20)24(29)28(19-12-8-5-9-13-19)25(27-23)31-15-14-18-10-6-4-7-11-18/h4-13H,3,14-17H2,1-2H3. The lowest BCUT2D eigenvalue weighted by atomic mass is 9.90. The van der Waals surface area contributed by atoms with Crippen LogP contribution in [0.1, 0.15) is 36.3 Å². The van der Waals surface area contributed by atoms with Crippen LogP contribution < -0.4 is 5.56 Å². The number of nitrogens with zero attached hydrogens (tertiary/aromatic N) is 2. The number of hydrogen-bond donors (Lipinski definition) is 0. The maximum absolute atomic E-state index is 13.9. The zero-order valence-electron chi connectivity index (χ0n) is 18.3. The van der Waals surface area contributed by atoms with E-state index >= 15 is 0 Å². The highest BCUT2D eigenvalue weighted by atomic mass is 32.2. The second-order valence-electron chi connectivity index (χ2n) is 8.41. The molecule has 3 heterocycles. The molecule has 32 heavy (non-hydrogen) atoms. The number of thiophene rings is 1. The summed E-state index contributed by atoms with van der Waals surface area (Å²) in [6.07, 6.45) is 2.60. The molecule has 5 rings (SSSR count). The van der Waals surface area contributed by atoms with Crippen molar-refractivity contribution in [2.24, 2.45) is 0 Å². The highest BCUT2D eigenvalue weighted by molar-refractivity contribution is 7.99. The molecular weight excluding hydrogens is 436 g/mol. The number of thioether (sulfide) groups is 1. The molecule has 4 nitrogen and oxygen atoms in total. The van der Waals surface area contributed by atoms with E-state index in [1.807, 2.05) is 36.4 Å². The van der Waals surface area contributed by atoms with Crippen LogP contribution in [0.25, 0.3) is 15.9 Å². The lowest BCUT2D eigenvalue weighted by molar-refractivity contribution is -0.0543. The van der Waals surface area contributed by atoms with Crippen LogP contribution >= 0.6 is 23.1 Å². The average Bonchev–Trinajstić information content (AvgIpc) is 3.18. The smallest absolute Gasteiger partial charge is 0.267 e. The van der Waals surface area contributed by atoms with Gasteiger partial charge in [-0.05, 0) is 43.0 Å². The Morgan fingerprint density at radius 2 is 1.84 bits per heavy atom. The SMILES string of the molecule is CCC1(C)Cc2c(sc3nc(SCCc4ccccc4)n(-c4ccccc4)c(=O)c23)CO1. The van der Waals surface area contributed by atoms with Crippen LogP contribution in [0.3, 0.4) is 0 Å². The summed E-state index contributed by atoms with van der Waals surface area (Å²) >= 11 is 3.25. The average molecular weight is 463 g/mol. The molecule has 2 aromatic heterocycles. The molecule has 0 amide bonds. The summed E-state index contributed by atoms with van der Waals surface area (Å²) in [6, 6.07) is 20.3. The summed E-state index contributed by atoms with van der Waals surface area (Å²) in [6.45, 7) is 4.83. The monoisotopic (exact) mass is 462 g/mol. The van der Waals surface area contributed by atoms with Crippen LogP contribution in [-0.2, 0) is 24.2 Å². The fraction of sp³-hybridized carbons (Fsp3) is 0.308. The molecule has 0 saturated carbocycles. The molecule has 0 bridgehead atoms. The maximum atomic E-state index is 13.9. The van der Waals surface area contributed by atoms with Crippen molar-refractivity contribution in [2.45, 2.75) is 50.5 Å². The van der Waals surface area contributed by atoms with Crippen molar-refractivity contribution >= 4 is 33.3 Å². The molecule has 2 aromatic carbocycles. The lowest BCUT2D eigenvalue weighted by Crippen LogP contribution is -2.34. The Labute approximate surface area is 196 Å². The van der Waals surface area contributed by atoms with Gasteiger partial charge in [0.05, 0.1) is 23.3 Å². The first-order valence-corrected chi connectivity index (χ1v) is 12.8. The molecule has 0 aliphatic carbocycles. The van der Waals surface area contributed by atoms with Gasteiger partial charge in [-0.1, -0.05) is 67.2 Å². The van der Waals surface area contributed by atoms with Crippen molar-refractivity contribution in [3.63, 3.8) is 0 Å². The molecule has 0 spiro atoms. The molecule has 164 valence electrons. The van der Waals surface area contributed by atoms with Crippen molar-refractivity contribution in [1.29, 1.82) is 0 Å². The Balaban J connectivity index is 1.59. The van der Waals surface area contributed by atoms with Gasteiger partial charge in [0, 0.05) is 17.1 Å². The number of fused-ring (bicyclic) bond motifs is 3. The van der Waals surface area contributed by atoms with Gasteiger partial charge in [0.1, 0.15) is 4.83 Å². The summed E-state index contributed by atoms with van der Waals surface area (Å²) < 4.78 is 7.93. The molecule has 1 aliphatic rings. The van der Waals surface area contributed by atoms with Crippen molar-refractivity contribution in [3.05, 3.63) is 87.0 Å². The summed E-state index contributed by atoms with van der Waals surface area (Å²) in [4.78, 5) is 20.9. The van der Waals surface area contributed by atoms with Crippen molar-refractivity contribution in [2.75, 3.05) is 5.75 Å². The highest BCUT2D eigenvalue weighted by Gasteiger charge is 2.33. The van der Waals surface area contributed by atoms with E-state index in [9.17, 15) is 4.79 Å².